The highest BCUT2D eigenvalue weighted by Gasteiger charge is 2.23. The van der Waals surface area contributed by atoms with E-state index in [4.69, 9.17) is 0 Å². The normalized spacial score (nSPS) is 11.0. The lowest BCUT2D eigenvalue weighted by molar-refractivity contribution is 0.102. The first-order valence-corrected chi connectivity index (χ1v) is 11.5. The number of hydrogen-bond donors (Lipinski definition) is 1. The molecule has 0 atom stereocenters. The predicted octanol–water partition coefficient (Wildman–Crippen LogP) is 6.05. The number of anilines is 1. The van der Waals surface area contributed by atoms with Crippen molar-refractivity contribution in [3.63, 3.8) is 0 Å². The van der Waals surface area contributed by atoms with Gasteiger partial charge in [0.05, 0.1) is 4.47 Å². The van der Waals surface area contributed by atoms with Crippen LogP contribution in [0.2, 0.25) is 0 Å². The third kappa shape index (κ3) is 5.00. The largest absolute Gasteiger partial charge is 0.347 e. The van der Waals surface area contributed by atoms with Crippen LogP contribution in [0, 0.1) is 6.92 Å². The number of hydrogen-bond acceptors (Lipinski definition) is 2. The number of aromatic nitrogens is 1. The fraction of sp³-hybridized carbons (Fsp3) is 0.500. The molecule has 2 aromatic rings. The molecule has 158 valence electrons. The molecule has 1 aromatic heterocycles. The van der Waals surface area contributed by atoms with Crippen LogP contribution in [0.4, 0.5) is 5.69 Å². The van der Waals surface area contributed by atoms with Crippen molar-refractivity contribution < 1.29 is 4.79 Å². The van der Waals surface area contributed by atoms with Crippen LogP contribution in [-0.2, 0) is 25.8 Å². The third-order valence-electron chi connectivity index (χ3n) is 5.56. The number of nitrogens with one attached hydrogen (secondary N) is 1. The van der Waals surface area contributed by atoms with Gasteiger partial charge in [0.1, 0.15) is 5.56 Å². The van der Waals surface area contributed by atoms with E-state index in [-0.39, 0.29) is 16.9 Å². The van der Waals surface area contributed by atoms with Crippen molar-refractivity contribution >= 4 is 27.5 Å². The second-order valence-electron chi connectivity index (χ2n) is 7.37. The van der Waals surface area contributed by atoms with Crippen LogP contribution in [0.5, 0.6) is 0 Å². The highest BCUT2D eigenvalue weighted by Crippen LogP contribution is 2.25. The Balaban J connectivity index is 2.55. The molecule has 2 rings (SSSR count). The van der Waals surface area contributed by atoms with Crippen molar-refractivity contribution in [3.05, 3.63) is 61.0 Å². The topological polar surface area (TPSA) is 51.1 Å². The van der Waals surface area contributed by atoms with Crippen LogP contribution in [0.3, 0.4) is 0 Å². The van der Waals surface area contributed by atoms with Gasteiger partial charge in [0.15, 0.2) is 0 Å². The second kappa shape index (κ2) is 10.8. The first-order chi connectivity index (χ1) is 13.9. The first kappa shape index (κ1) is 23.4. The molecule has 0 radical (unpaired) electrons. The number of rotatable bonds is 9. The van der Waals surface area contributed by atoms with Crippen molar-refractivity contribution in [3.8, 4) is 0 Å². The number of carbonyl (C=O) groups is 1. The minimum Gasteiger partial charge on any atom is -0.347 e. The Morgan fingerprint density at radius 3 is 2.17 bits per heavy atom. The van der Waals surface area contributed by atoms with E-state index in [2.05, 4.69) is 46.6 Å². The van der Waals surface area contributed by atoms with Gasteiger partial charge in [-0.1, -0.05) is 58.7 Å². The molecule has 0 aliphatic rings. The van der Waals surface area contributed by atoms with Crippen molar-refractivity contribution in [1.29, 1.82) is 0 Å². The second-order valence-corrected chi connectivity index (χ2v) is 8.17. The number of aryl methyl sites for hydroxylation is 2. The van der Waals surface area contributed by atoms with Gasteiger partial charge in [-0.05, 0) is 59.7 Å². The van der Waals surface area contributed by atoms with E-state index in [1.54, 1.807) is 0 Å². The molecule has 5 heteroatoms. The van der Waals surface area contributed by atoms with E-state index < -0.39 is 0 Å². The van der Waals surface area contributed by atoms with Gasteiger partial charge in [-0.15, -0.1) is 0 Å². The fourth-order valence-electron chi connectivity index (χ4n) is 3.88. The number of unbranched alkanes of at least 4 members (excludes halogenated alkanes) is 2. The molecule has 0 aliphatic heterocycles. The highest BCUT2D eigenvalue weighted by atomic mass is 79.9. The van der Waals surface area contributed by atoms with Gasteiger partial charge in [0.25, 0.3) is 5.91 Å². The summed E-state index contributed by atoms with van der Waals surface area (Å²) in [5.74, 6) is -0.323. The molecule has 0 unspecified atom stereocenters. The number of benzene rings is 1. The summed E-state index contributed by atoms with van der Waals surface area (Å²) in [5, 5.41) is 3.07. The summed E-state index contributed by atoms with van der Waals surface area (Å²) in [6.07, 6.45) is 5.66. The maximum absolute atomic E-state index is 13.3. The SMILES string of the molecule is CCCCCn1c(C)c(C(=O)Nc2c(CC)cccc2CC)c(=O)c(Br)c1CC. The average Bonchev–Trinajstić information content (AvgIpc) is 2.72. The van der Waals surface area contributed by atoms with Crippen LogP contribution >= 0.6 is 15.9 Å². The Labute approximate surface area is 182 Å². The van der Waals surface area contributed by atoms with Gasteiger partial charge in [0.2, 0.25) is 5.43 Å². The molecule has 1 aromatic carbocycles. The molecule has 0 fully saturated rings. The molecule has 0 bridgehead atoms. The lowest BCUT2D eigenvalue weighted by atomic mass is 10.0. The maximum atomic E-state index is 13.3. The van der Waals surface area contributed by atoms with Crippen LogP contribution in [0.1, 0.15) is 79.8 Å². The summed E-state index contributed by atoms with van der Waals surface area (Å²) < 4.78 is 2.65. The predicted molar refractivity (Wildman–Crippen MR) is 125 cm³/mol. The molecule has 0 saturated heterocycles. The monoisotopic (exact) mass is 460 g/mol. The van der Waals surface area contributed by atoms with Crippen LogP contribution < -0.4 is 10.7 Å². The van der Waals surface area contributed by atoms with Gasteiger partial charge < -0.3 is 9.88 Å². The highest BCUT2D eigenvalue weighted by molar-refractivity contribution is 9.10. The number of carbonyl (C=O) groups excluding carboxylic acids is 1. The zero-order valence-corrected chi connectivity index (χ0v) is 19.9. The smallest absolute Gasteiger partial charge is 0.261 e. The summed E-state index contributed by atoms with van der Waals surface area (Å²) in [5.41, 5.74) is 4.73. The lowest BCUT2D eigenvalue weighted by Crippen LogP contribution is -2.29. The number of amides is 1. The Hall–Kier alpha value is -1.88. The van der Waals surface area contributed by atoms with E-state index in [1.165, 1.54) is 0 Å². The average molecular weight is 461 g/mol. The van der Waals surface area contributed by atoms with Crippen LogP contribution in [0.15, 0.2) is 27.5 Å². The number of pyridine rings is 1. The fourth-order valence-corrected chi connectivity index (χ4v) is 4.57. The molecule has 0 saturated carbocycles. The molecule has 1 heterocycles. The van der Waals surface area contributed by atoms with Crippen LogP contribution in [-0.4, -0.2) is 10.5 Å². The maximum Gasteiger partial charge on any atom is 0.261 e. The summed E-state index contributed by atoms with van der Waals surface area (Å²) in [7, 11) is 0. The van der Waals surface area contributed by atoms with Gasteiger partial charge in [-0.3, -0.25) is 9.59 Å². The molecule has 4 nitrogen and oxygen atoms in total. The Bertz CT molecular complexity index is 909. The molecular weight excluding hydrogens is 428 g/mol. The molecule has 29 heavy (non-hydrogen) atoms. The zero-order chi connectivity index (χ0) is 21.6. The Morgan fingerprint density at radius 1 is 1.03 bits per heavy atom. The van der Waals surface area contributed by atoms with E-state index >= 15 is 0 Å². The van der Waals surface area contributed by atoms with Gasteiger partial charge in [-0.25, -0.2) is 0 Å². The molecular formula is C24H33BrN2O2. The lowest BCUT2D eigenvalue weighted by Gasteiger charge is -2.21. The summed E-state index contributed by atoms with van der Waals surface area (Å²) in [6, 6.07) is 6.08. The standard InChI is InChI=1S/C24H33BrN2O2/c1-6-10-11-15-27-16(5)20(23(28)21(25)19(27)9-4)24(29)26-22-17(7-2)13-12-14-18(22)8-3/h12-14H,6-11,15H2,1-5H3,(H,26,29). The third-order valence-corrected chi connectivity index (χ3v) is 6.37. The summed E-state index contributed by atoms with van der Waals surface area (Å²) in [6.45, 7) is 11.1. The van der Waals surface area contributed by atoms with E-state index in [9.17, 15) is 9.59 Å². The van der Waals surface area contributed by atoms with Gasteiger partial charge in [0, 0.05) is 23.6 Å². The number of nitrogens with zero attached hydrogens (tertiary/aromatic N) is 1. The van der Waals surface area contributed by atoms with Crippen molar-refractivity contribution in [1.82, 2.24) is 4.57 Å². The molecule has 0 aliphatic carbocycles. The zero-order valence-electron chi connectivity index (χ0n) is 18.3. The van der Waals surface area contributed by atoms with Crippen molar-refractivity contribution in [2.24, 2.45) is 0 Å². The molecule has 0 spiro atoms. The minimum atomic E-state index is -0.323. The summed E-state index contributed by atoms with van der Waals surface area (Å²) >= 11 is 3.48. The van der Waals surface area contributed by atoms with E-state index in [1.807, 2.05) is 32.0 Å². The van der Waals surface area contributed by atoms with Crippen LogP contribution in [0.25, 0.3) is 0 Å². The van der Waals surface area contributed by atoms with Gasteiger partial charge >= 0.3 is 0 Å². The number of halogens is 1. The molecule has 1 amide bonds. The number of para-hydroxylation sites is 1. The van der Waals surface area contributed by atoms with E-state index in [0.717, 1.165) is 73.3 Å². The van der Waals surface area contributed by atoms with Crippen molar-refractivity contribution in [2.75, 3.05) is 5.32 Å². The molecule has 1 N–H and O–H groups in total. The quantitative estimate of drug-likeness (QED) is 0.463. The Kier molecular flexibility index (Phi) is 8.69. The van der Waals surface area contributed by atoms with E-state index in [0.29, 0.717) is 4.47 Å². The van der Waals surface area contributed by atoms with Gasteiger partial charge in [-0.2, -0.15) is 0 Å². The summed E-state index contributed by atoms with van der Waals surface area (Å²) in [4.78, 5) is 26.4. The van der Waals surface area contributed by atoms with Crippen molar-refractivity contribution in [2.45, 2.75) is 79.7 Å². The minimum absolute atomic E-state index is 0.226. The Morgan fingerprint density at radius 2 is 1.66 bits per heavy atom. The first-order valence-electron chi connectivity index (χ1n) is 10.7.